The monoisotopic (exact) mass is 393 g/mol. The van der Waals surface area contributed by atoms with Crippen molar-refractivity contribution in [1.29, 1.82) is 0 Å². The zero-order chi connectivity index (χ0) is 15.8. The standard InChI is InChI=1S/C11H12BrN3O4S2/c1-14-5-9(10(16)15(2)11(14)17)21(18,19)13-4-8-3-7(12)6-20-8/h3,5-6,13H,4H2,1-2H3. The van der Waals surface area contributed by atoms with Crippen LogP contribution in [0, 0.1) is 0 Å². The third kappa shape index (κ3) is 3.34. The van der Waals surface area contributed by atoms with E-state index in [1.807, 2.05) is 5.38 Å². The Hall–Kier alpha value is -1.23. The van der Waals surface area contributed by atoms with Crippen LogP contribution in [-0.2, 0) is 30.7 Å². The number of nitrogens with zero attached hydrogens (tertiary/aromatic N) is 2. The summed E-state index contributed by atoms with van der Waals surface area (Å²) in [7, 11) is -1.37. The van der Waals surface area contributed by atoms with E-state index in [4.69, 9.17) is 0 Å². The summed E-state index contributed by atoms with van der Waals surface area (Å²) in [4.78, 5) is 23.8. The van der Waals surface area contributed by atoms with E-state index in [2.05, 4.69) is 20.7 Å². The molecule has 0 spiro atoms. The third-order valence-electron chi connectivity index (χ3n) is 2.76. The molecule has 114 valence electrons. The Morgan fingerprint density at radius 3 is 2.57 bits per heavy atom. The second-order valence-electron chi connectivity index (χ2n) is 4.31. The Morgan fingerprint density at radius 1 is 1.33 bits per heavy atom. The Kier molecular flexibility index (Phi) is 4.51. The van der Waals surface area contributed by atoms with Crippen molar-refractivity contribution in [3.05, 3.63) is 47.8 Å². The van der Waals surface area contributed by atoms with E-state index < -0.39 is 26.2 Å². The van der Waals surface area contributed by atoms with Crippen LogP contribution in [0.4, 0.5) is 0 Å². The molecule has 0 aliphatic rings. The molecule has 2 aromatic rings. The first-order chi connectivity index (χ1) is 9.72. The number of sulfonamides is 1. The Balaban J connectivity index is 2.36. The van der Waals surface area contributed by atoms with Gasteiger partial charge in [-0.1, -0.05) is 0 Å². The predicted octanol–water partition coefficient (Wildman–Crippen LogP) is 0.386. The first kappa shape index (κ1) is 16.1. The molecule has 2 rings (SSSR count). The van der Waals surface area contributed by atoms with Gasteiger partial charge >= 0.3 is 5.69 Å². The van der Waals surface area contributed by atoms with Crippen LogP contribution < -0.4 is 16.0 Å². The summed E-state index contributed by atoms with van der Waals surface area (Å²) in [5, 5.41) is 1.83. The van der Waals surface area contributed by atoms with E-state index in [9.17, 15) is 18.0 Å². The topological polar surface area (TPSA) is 90.2 Å². The maximum Gasteiger partial charge on any atom is 0.330 e. The summed E-state index contributed by atoms with van der Waals surface area (Å²) in [5.74, 6) is 0. The molecule has 0 bridgehead atoms. The van der Waals surface area contributed by atoms with Crippen LogP contribution in [0.15, 0.2) is 36.6 Å². The summed E-state index contributed by atoms with van der Waals surface area (Å²) in [5.41, 5.74) is -1.43. The minimum absolute atomic E-state index is 0.0740. The first-order valence-electron chi connectivity index (χ1n) is 5.71. The number of hydrogen-bond donors (Lipinski definition) is 1. The second kappa shape index (κ2) is 5.87. The Morgan fingerprint density at radius 2 is 2.00 bits per heavy atom. The fourth-order valence-electron chi connectivity index (χ4n) is 1.65. The summed E-state index contributed by atoms with van der Waals surface area (Å²) >= 11 is 4.66. The van der Waals surface area contributed by atoms with Crippen LogP contribution >= 0.6 is 27.3 Å². The maximum absolute atomic E-state index is 12.2. The van der Waals surface area contributed by atoms with Gasteiger partial charge in [0.1, 0.15) is 0 Å². The highest BCUT2D eigenvalue weighted by Gasteiger charge is 2.21. The van der Waals surface area contributed by atoms with Gasteiger partial charge in [0, 0.05) is 41.6 Å². The van der Waals surface area contributed by atoms with Crippen molar-refractivity contribution >= 4 is 37.3 Å². The summed E-state index contributed by atoms with van der Waals surface area (Å²) < 4.78 is 29.4. The molecule has 0 radical (unpaired) electrons. The zero-order valence-electron chi connectivity index (χ0n) is 11.2. The average Bonchev–Trinajstić information content (AvgIpc) is 2.84. The van der Waals surface area contributed by atoms with E-state index in [-0.39, 0.29) is 6.54 Å². The summed E-state index contributed by atoms with van der Waals surface area (Å²) in [6.07, 6.45) is 1.03. The van der Waals surface area contributed by atoms with E-state index in [1.54, 1.807) is 6.07 Å². The molecule has 0 aliphatic carbocycles. The van der Waals surface area contributed by atoms with Gasteiger partial charge in [-0.2, -0.15) is 0 Å². The lowest BCUT2D eigenvalue weighted by Crippen LogP contribution is -2.41. The smallest absolute Gasteiger partial charge is 0.302 e. The van der Waals surface area contributed by atoms with Crippen LogP contribution in [0.3, 0.4) is 0 Å². The lowest BCUT2D eigenvalue weighted by Gasteiger charge is -2.08. The van der Waals surface area contributed by atoms with Gasteiger partial charge in [-0.3, -0.25) is 9.36 Å². The van der Waals surface area contributed by atoms with Crippen LogP contribution in [0.5, 0.6) is 0 Å². The minimum Gasteiger partial charge on any atom is -0.302 e. The highest BCUT2D eigenvalue weighted by Crippen LogP contribution is 2.19. The molecular weight excluding hydrogens is 382 g/mol. The molecule has 7 nitrogen and oxygen atoms in total. The van der Waals surface area contributed by atoms with Crippen molar-refractivity contribution < 1.29 is 8.42 Å². The molecule has 0 amide bonds. The highest BCUT2D eigenvalue weighted by molar-refractivity contribution is 9.10. The SMILES string of the molecule is Cn1cc(S(=O)(=O)NCc2cc(Br)cs2)c(=O)n(C)c1=O. The molecule has 0 aromatic carbocycles. The molecule has 2 heterocycles. The molecule has 0 aliphatic heterocycles. The van der Waals surface area contributed by atoms with E-state index >= 15 is 0 Å². The van der Waals surface area contributed by atoms with E-state index in [0.29, 0.717) is 0 Å². The van der Waals surface area contributed by atoms with Crippen molar-refractivity contribution in [1.82, 2.24) is 13.9 Å². The minimum atomic E-state index is -3.99. The molecule has 0 atom stereocenters. The Labute approximate surface area is 133 Å². The van der Waals surface area contributed by atoms with Gasteiger partial charge in [0.25, 0.3) is 5.56 Å². The molecule has 10 heteroatoms. The fourth-order valence-corrected chi connectivity index (χ4v) is 4.30. The van der Waals surface area contributed by atoms with Crippen LogP contribution in [0.1, 0.15) is 4.88 Å². The van der Waals surface area contributed by atoms with Crippen LogP contribution in [-0.4, -0.2) is 17.6 Å². The van der Waals surface area contributed by atoms with Gasteiger partial charge in [-0.25, -0.2) is 17.9 Å². The maximum atomic E-state index is 12.2. The van der Waals surface area contributed by atoms with Crippen molar-refractivity contribution in [2.45, 2.75) is 11.4 Å². The van der Waals surface area contributed by atoms with E-state index in [0.717, 1.165) is 24.7 Å². The summed E-state index contributed by atoms with van der Waals surface area (Å²) in [6.45, 7) is 0.0740. The van der Waals surface area contributed by atoms with Crippen molar-refractivity contribution in [2.24, 2.45) is 14.1 Å². The van der Waals surface area contributed by atoms with Crippen LogP contribution in [0.25, 0.3) is 0 Å². The van der Waals surface area contributed by atoms with Crippen molar-refractivity contribution in [3.63, 3.8) is 0 Å². The molecule has 1 N–H and O–H groups in total. The van der Waals surface area contributed by atoms with E-state index in [1.165, 1.54) is 25.4 Å². The summed E-state index contributed by atoms with van der Waals surface area (Å²) in [6, 6.07) is 1.78. The van der Waals surface area contributed by atoms with Gasteiger partial charge in [0.2, 0.25) is 10.0 Å². The number of halogens is 1. The Bertz CT molecular complexity index is 895. The molecule has 21 heavy (non-hydrogen) atoms. The number of rotatable bonds is 4. The van der Waals surface area contributed by atoms with Crippen molar-refractivity contribution in [2.75, 3.05) is 0 Å². The fraction of sp³-hybridized carbons (Fsp3) is 0.273. The third-order valence-corrected chi connectivity index (χ3v) is 5.84. The molecule has 0 saturated carbocycles. The second-order valence-corrected chi connectivity index (χ2v) is 7.95. The molecule has 0 fully saturated rings. The highest BCUT2D eigenvalue weighted by atomic mass is 79.9. The number of aromatic nitrogens is 2. The number of thiophene rings is 1. The quantitative estimate of drug-likeness (QED) is 0.812. The number of nitrogens with one attached hydrogen (secondary N) is 1. The van der Waals surface area contributed by atoms with Crippen molar-refractivity contribution in [3.8, 4) is 0 Å². The number of hydrogen-bond acceptors (Lipinski definition) is 5. The first-order valence-corrected chi connectivity index (χ1v) is 8.87. The molecule has 0 saturated heterocycles. The lowest BCUT2D eigenvalue weighted by atomic mass is 10.5. The normalized spacial score (nSPS) is 11.8. The largest absolute Gasteiger partial charge is 0.330 e. The zero-order valence-corrected chi connectivity index (χ0v) is 14.4. The van der Waals surface area contributed by atoms with Gasteiger partial charge in [-0.15, -0.1) is 11.3 Å². The predicted molar refractivity (Wildman–Crippen MR) is 83.0 cm³/mol. The van der Waals surface area contributed by atoms with Crippen LogP contribution in [0.2, 0.25) is 0 Å². The van der Waals surface area contributed by atoms with Gasteiger partial charge < -0.3 is 4.57 Å². The molecular formula is C11H12BrN3O4S2. The van der Waals surface area contributed by atoms with Gasteiger partial charge in [0.15, 0.2) is 4.90 Å². The molecule has 2 aromatic heterocycles. The number of aryl methyl sites for hydroxylation is 1. The lowest BCUT2D eigenvalue weighted by molar-refractivity contribution is 0.571. The molecule has 0 unspecified atom stereocenters. The van der Waals surface area contributed by atoms with Gasteiger partial charge in [0.05, 0.1) is 0 Å². The average molecular weight is 394 g/mol. The van der Waals surface area contributed by atoms with Gasteiger partial charge in [-0.05, 0) is 22.0 Å².